The zero-order chi connectivity index (χ0) is 11.8. The normalized spacial score (nSPS) is 30.9. The summed E-state index contributed by atoms with van der Waals surface area (Å²) in [6, 6.07) is 7.93. The van der Waals surface area contributed by atoms with Gasteiger partial charge in [0.15, 0.2) is 0 Å². The summed E-state index contributed by atoms with van der Waals surface area (Å²) in [7, 11) is 0. The predicted octanol–water partition coefficient (Wildman–Crippen LogP) is 1.08. The lowest BCUT2D eigenvalue weighted by molar-refractivity contribution is -0.142. The molecule has 1 saturated heterocycles. The van der Waals surface area contributed by atoms with Crippen molar-refractivity contribution in [3.63, 3.8) is 0 Å². The van der Waals surface area contributed by atoms with Crippen molar-refractivity contribution in [3.8, 4) is 5.75 Å². The maximum atomic E-state index is 11.2. The monoisotopic (exact) mass is 233 g/mol. The number of carboxylic acids is 1. The molecule has 3 atom stereocenters. The Morgan fingerprint density at radius 1 is 1.35 bits per heavy atom. The third kappa shape index (κ3) is 1.69. The number of carbonyl (C=O) groups is 1. The third-order valence-corrected chi connectivity index (χ3v) is 3.83. The van der Waals surface area contributed by atoms with Gasteiger partial charge in [-0.3, -0.25) is 4.79 Å². The number of fused-ring (bicyclic) bond motifs is 1. The van der Waals surface area contributed by atoms with Gasteiger partial charge in [0.1, 0.15) is 5.75 Å². The first-order chi connectivity index (χ1) is 8.27. The van der Waals surface area contributed by atoms with E-state index in [2.05, 4.69) is 5.32 Å². The fraction of sp³-hybridized carbons (Fsp3) is 0.462. The molecule has 2 aliphatic heterocycles. The van der Waals surface area contributed by atoms with Gasteiger partial charge in [-0.2, -0.15) is 0 Å². The minimum atomic E-state index is -0.704. The van der Waals surface area contributed by atoms with Crippen LogP contribution in [0.4, 0.5) is 0 Å². The van der Waals surface area contributed by atoms with Gasteiger partial charge in [-0.1, -0.05) is 18.2 Å². The van der Waals surface area contributed by atoms with Gasteiger partial charge in [-0.15, -0.1) is 0 Å². The highest BCUT2D eigenvalue weighted by Crippen LogP contribution is 2.41. The Bertz CT molecular complexity index is 446. The summed E-state index contributed by atoms with van der Waals surface area (Å²) < 4.78 is 5.63. The number of aliphatic carboxylic acids is 1. The van der Waals surface area contributed by atoms with E-state index in [-0.39, 0.29) is 17.8 Å². The summed E-state index contributed by atoms with van der Waals surface area (Å²) in [5.41, 5.74) is 1.16. The Hall–Kier alpha value is -1.55. The van der Waals surface area contributed by atoms with E-state index in [9.17, 15) is 9.90 Å². The molecule has 0 radical (unpaired) electrons. The standard InChI is InChI=1S/C13H15NO3/c15-13(16)10-6-14-5-9(10)11-7-17-12-4-2-1-3-8(11)12/h1-4,9-11,14H,5-7H2,(H,15,16). The molecule has 0 bridgehead atoms. The van der Waals surface area contributed by atoms with Crippen LogP contribution >= 0.6 is 0 Å². The Morgan fingerprint density at radius 3 is 3.00 bits per heavy atom. The quantitative estimate of drug-likeness (QED) is 0.802. The Morgan fingerprint density at radius 2 is 2.18 bits per heavy atom. The molecule has 2 heterocycles. The van der Waals surface area contributed by atoms with E-state index in [4.69, 9.17) is 4.74 Å². The van der Waals surface area contributed by atoms with Crippen LogP contribution in [0.5, 0.6) is 5.75 Å². The van der Waals surface area contributed by atoms with Crippen molar-refractivity contribution in [2.75, 3.05) is 19.7 Å². The van der Waals surface area contributed by atoms with Crippen LogP contribution in [0, 0.1) is 11.8 Å². The Kier molecular flexibility index (Phi) is 2.52. The van der Waals surface area contributed by atoms with Gasteiger partial charge in [0.25, 0.3) is 0 Å². The second-order valence-electron chi connectivity index (χ2n) is 4.72. The number of benzene rings is 1. The predicted molar refractivity (Wildman–Crippen MR) is 62.2 cm³/mol. The fourth-order valence-corrected chi connectivity index (χ4v) is 2.93. The minimum Gasteiger partial charge on any atom is -0.493 e. The number of nitrogens with one attached hydrogen (secondary N) is 1. The van der Waals surface area contributed by atoms with E-state index in [1.165, 1.54) is 0 Å². The molecule has 2 N–H and O–H groups in total. The van der Waals surface area contributed by atoms with E-state index in [1.807, 2.05) is 24.3 Å². The Labute approximate surface area is 99.6 Å². The van der Waals surface area contributed by atoms with Gasteiger partial charge < -0.3 is 15.2 Å². The molecule has 0 spiro atoms. The lowest BCUT2D eigenvalue weighted by Gasteiger charge is -2.20. The highest BCUT2D eigenvalue weighted by Gasteiger charge is 2.41. The number of ether oxygens (including phenoxy) is 1. The average Bonchev–Trinajstić information content (AvgIpc) is 2.94. The highest BCUT2D eigenvalue weighted by molar-refractivity contribution is 5.71. The molecule has 0 aromatic heterocycles. The molecule has 0 saturated carbocycles. The van der Waals surface area contributed by atoms with Crippen LogP contribution in [0.3, 0.4) is 0 Å². The lowest BCUT2D eigenvalue weighted by Crippen LogP contribution is -2.27. The van der Waals surface area contributed by atoms with Gasteiger partial charge in [0.05, 0.1) is 12.5 Å². The van der Waals surface area contributed by atoms with E-state index >= 15 is 0 Å². The van der Waals surface area contributed by atoms with Crippen LogP contribution in [-0.2, 0) is 4.79 Å². The van der Waals surface area contributed by atoms with Gasteiger partial charge in [-0.05, 0) is 18.5 Å². The average molecular weight is 233 g/mol. The van der Waals surface area contributed by atoms with Crippen molar-refractivity contribution in [1.29, 1.82) is 0 Å². The summed E-state index contributed by atoms with van der Waals surface area (Å²) in [6.45, 7) is 1.94. The summed E-state index contributed by atoms with van der Waals surface area (Å²) in [5.74, 6) is 0.256. The summed E-state index contributed by atoms with van der Waals surface area (Å²) in [6.07, 6.45) is 0. The van der Waals surface area contributed by atoms with Crippen LogP contribution in [-0.4, -0.2) is 30.8 Å². The first-order valence-electron chi connectivity index (χ1n) is 5.92. The molecule has 0 aliphatic carbocycles. The molecule has 3 rings (SSSR count). The zero-order valence-corrected chi connectivity index (χ0v) is 9.43. The second kappa shape index (κ2) is 4.04. The molecular formula is C13H15NO3. The molecule has 0 amide bonds. The smallest absolute Gasteiger partial charge is 0.308 e. The molecule has 4 nitrogen and oxygen atoms in total. The molecule has 3 unspecified atom stereocenters. The largest absolute Gasteiger partial charge is 0.493 e. The van der Waals surface area contributed by atoms with Crippen LogP contribution in [0.25, 0.3) is 0 Å². The fourth-order valence-electron chi connectivity index (χ4n) is 2.93. The summed E-state index contributed by atoms with van der Waals surface area (Å²) >= 11 is 0. The van der Waals surface area contributed by atoms with Gasteiger partial charge in [0, 0.05) is 18.0 Å². The number of para-hydroxylation sites is 1. The number of hydrogen-bond acceptors (Lipinski definition) is 3. The van der Waals surface area contributed by atoms with Crippen LogP contribution < -0.4 is 10.1 Å². The molecule has 17 heavy (non-hydrogen) atoms. The topological polar surface area (TPSA) is 58.6 Å². The van der Waals surface area contributed by atoms with Gasteiger partial charge in [0.2, 0.25) is 0 Å². The van der Waals surface area contributed by atoms with Gasteiger partial charge in [-0.25, -0.2) is 0 Å². The van der Waals surface area contributed by atoms with Gasteiger partial charge >= 0.3 is 5.97 Å². The van der Waals surface area contributed by atoms with E-state index in [0.29, 0.717) is 13.2 Å². The summed E-state index contributed by atoms with van der Waals surface area (Å²) in [4.78, 5) is 11.2. The number of rotatable bonds is 2. The van der Waals surface area contributed by atoms with E-state index in [0.717, 1.165) is 17.9 Å². The molecular weight excluding hydrogens is 218 g/mol. The minimum absolute atomic E-state index is 0.135. The maximum absolute atomic E-state index is 11.2. The van der Waals surface area contributed by atoms with E-state index < -0.39 is 5.97 Å². The molecule has 90 valence electrons. The number of carboxylic acid groups (broad SMARTS) is 1. The van der Waals surface area contributed by atoms with Crippen LogP contribution in [0.1, 0.15) is 11.5 Å². The van der Waals surface area contributed by atoms with E-state index in [1.54, 1.807) is 0 Å². The van der Waals surface area contributed by atoms with Crippen molar-refractivity contribution < 1.29 is 14.6 Å². The second-order valence-corrected chi connectivity index (χ2v) is 4.72. The molecule has 4 heteroatoms. The SMILES string of the molecule is O=C(O)C1CNCC1C1COc2ccccc21. The van der Waals surface area contributed by atoms with Crippen molar-refractivity contribution in [2.24, 2.45) is 11.8 Å². The van der Waals surface area contributed by atoms with Crippen LogP contribution in [0.15, 0.2) is 24.3 Å². The third-order valence-electron chi connectivity index (χ3n) is 3.83. The zero-order valence-electron chi connectivity index (χ0n) is 9.43. The number of hydrogen-bond donors (Lipinski definition) is 2. The maximum Gasteiger partial charge on any atom is 0.308 e. The lowest BCUT2D eigenvalue weighted by atomic mass is 9.81. The van der Waals surface area contributed by atoms with Crippen LogP contribution in [0.2, 0.25) is 0 Å². The van der Waals surface area contributed by atoms with Crippen molar-refractivity contribution in [3.05, 3.63) is 29.8 Å². The first kappa shape index (κ1) is 10.6. The Balaban J connectivity index is 1.89. The molecule has 2 aliphatic rings. The molecule has 1 aromatic carbocycles. The van der Waals surface area contributed by atoms with Crippen molar-refractivity contribution >= 4 is 5.97 Å². The van der Waals surface area contributed by atoms with Crippen molar-refractivity contribution in [1.82, 2.24) is 5.32 Å². The molecule has 1 aromatic rings. The van der Waals surface area contributed by atoms with Crippen molar-refractivity contribution in [2.45, 2.75) is 5.92 Å². The summed E-state index contributed by atoms with van der Waals surface area (Å²) in [5, 5.41) is 12.4. The highest BCUT2D eigenvalue weighted by atomic mass is 16.5. The first-order valence-corrected chi connectivity index (χ1v) is 5.92. The molecule has 1 fully saturated rings.